The molecule has 1 heterocycles. The van der Waals surface area contributed by atoms with Crippen molar-refractivity contribution >= 4 is 11.6 Å². The lowest BCUT2D eigenvalue weighted by Crippen LogP contribution is -1.95. The van der Waals surface area contributed by atoms with Crippen molar-refractivity contribution in [2.24, 2.45) is 0 Å². The topological polar surface area (TPSA) is 22.1 Å². The minimum absolute atomic E-state index is 0.522. The van der Waals surface area contributed by atoms with Crippen molar-refractivity contribution in [3.05, 3.63) is 22.8 Å². The normalized spacial score (nSPS) is 9.73. The van der Waals surface area contributed by atoms with Crippen molar-refractivity contribution in [3.8, 4) is 5.88 Å². The van der Waals surface area contributed by atoms with Crippen molar-refractivity contribution in [1.82, 2.24) is 4.98 Å². The third-order valence-electron chi connectivity index (χ3n) is 1.23. The molecule has 0 N–H and O–H groups in total. The van der Waals surface area contributed by atoms with Gasteiger partial charge in [-0.1, -0.05) is 11.6 Å². The molecule has 0 saturated carbocycles. The zero-order valence-electron chi connectivity index (χ0n) is 6.60. The fourth-order valence-electron chi connectivity index (χ4n) is 0.754. The van der Waals surface area contributed by atoms with Crippen LogP contribution in [0.15, 0.2) is 12.1 Å². The number of hydrogen-bond donors (Lipinski definition) is 0. The van der Waals surface area contributed by atoms with Crippen LogP contribution in [0.1, 0.15) is 12.6 Å². The molecule has 0 bridgehead atoms. The molecule has 0 atom stereocenters. The first-order valence-electron chi connectivity index (χ1n) is 3.50. The van der Waals surface area contributed by atoms with Crippen LogP contribution in [0, 0.1) is 6.92 Å². The Morgan fingerprint density at radius 2 is 2.27 bits per heavy atom. The van der Waals surface area contributed by atoms with Crippen LogP contribution >= 0.6 is 11.6 Å². The van der Waals surface area contributed by atoms with Gasteiger partial charge >= 0.3 is 0 Å². The molecule has 0 saturated heterocycles. The van der Waals surface area contributed by atoms with Crippen molar-refractivity contribution < 1.29 is 4.74 Å². The molecule has 1 rings (SSSR count). The molecule has 0 unspecified atom stereocenters. The van der Waals surface area contributed by atoms with Crippen LogP contribution < -0.4 is 4.74 Å². The standard InChI is InChI=1S/C8H10ClNO/c1-3-11-8-7(9)5-4-6(2)10-8/h4-5H,3H2,1-2H3. The summed E-state index contributed by atoms with van der Waals surface area (Å²) in [4.78, 5) is 4.11. The second-order valence-electron chi connectivity index (χ2n) is 2.17. The van der Waals surface area contributed by atoms with Gasteiger partial charge in [-0.05, 0) is 26.0 Å². The van der Waals surface area contributed by atoms with Crippen molar-refractivity contribution in [3.63, 3.8) is 0 Å². The summed E-state index contributed by atoms with van der Waals surface area (Å²) in [5, 5.41) is 0.567. The molecule has 0 aromatic carbocycles. The van der Waals surface area contributed by atoms with Gasteiger partial charge in [-0.25, -0.2) is 4.98 Å². The fraction of sp³-hybridized carbons (Fsp3) is 0.375. The minimum Gasteiger partial charge on any atom is -0.477 e. The maximum Gasteiger partial charge on any atom is 0.232 e. The average Bonchev–Trinajstić information content (AvgIpc) is 1.98. The second kappa shape index (κ2) is 3.58. The largest absolute Gasteiger partial charge is 0.477 e. The molecule has 2 nitrogen and oxygen atoms in total. The number of ether oxygens (including phenoxy) is 1. The summed E-state index contributed by atoms with van der Waals surface area (Å²) in [6, 6.07) is 3.64. The summed E-state index contributed by atoms with van der Waals surface area (Å²) < 4.78 is 5.17. The Morgan fingerprint density at radius 3 is 2.91 bits per heavy atom. The number of rotatable bonds is 2. The van der Waals surface area contributed by atoms with Crippen molar-refractivity contribution in [2.45, 2.75) is 13.8 Å². The van der Waals surface area contributed by atoms with Gasteiger partial charge in [0.1, 0.15) is 5.02 Å². The van der Waals surface area contributed by atoms with Gasteiger partial charge in [-0.3, -0.25) is 0 Å². The van der Waals surface area contributed by atoms with E-state index in [0.29, 0.717) is 17.5 Å². The lowest BCUT2D eigenvalue weighted by atomic mass is 10.4. The molecule has 0 aliphatic rings. The quantitative estimate of drug-likeness (QED) is 0.682. The van der Waals surface area contributed by atoms with E-state index in [2.05, 4.69) is 4.98 Å². The Kier molecular flexibility index (Phi) is 2.71. The van der Waals surface area contributed by atoms with Crippen LogP contribution in [0.2, 0.25) is 5.02 Å². The third-order valence-corrected chi connectivity index (χ3v) is 1.52. The van der Waals surface area contributed by atoms with Gasteiger partial charge in [-0.2, -0.15) is 0 Å². The SMILES string of the molecule is CCOc1nc(C)ccc1Cl. The maximum absolute atomic E-state index is 5.79. The lowest BCUT2D eigenvalue weighted by Gasteiger charge is -2.03. The summed E-state index contributed by atoms with van der Waals surface area (Å²) in [5.41, 5.74) is 0.915. The van der Waals surface area contributed by atoms with Gasteiger partial charge in [0, 0.05) is 5.69 Å². The third kappa shape index (κ3) is 2.09. The van der Waals surface area contributed by atoms with Gasteiger partial charge in [0.2, 0.25) is 5.88 Å². The molecular formula is C8H10ClNO. The molecule has 0 radical (unpaired) electrons. The number of hydrogen-bond acceptors (Lipinski definition) is 2. The minimum atomic E-state index is 0.522. The summed E-state index contributed by atoms with van der Waals surface area (Å²) in [5.74, 6) is 0.522. The molecular weight excluding hydrogens is 162 g/mol. The number of pyridine rings is 1. The second-order valence-corrected chi connectivity index (χ2v) is 2.58. The van der Waals surface area contributed by atoms with E-state index >= 15 is 0 Å². The molecule has 0 fully saturated rings. The van der Waals surface area contributed by atoms with Crippen molar-refractivity contribution in [2.75, 3.05) is 6.61 Å². The van der Waals surface area contributed by atoms with Crippen LogP contribution in [-0.2, 0) is 0 Å². The molecule has 0 spiro atoms. The highest BCUT2D eigenvalue weighted by Gasteiger charge is 2.00. The predicted octanol–water partition coefficient (Wildman–Crippen LogP) is 2.44. The van der Waals surface area contributed by atoms with E-state index in [9.17, 15) is 0 Å². The number of aromatic nitrogens is 1. The fourth-order valence-corrected chi connectivity index (χ4v) is 0.914. The highest BCUT2D eigenvalue weighted by Crippen LogP contribution is 2.21. The Balaban J connectivity index is 2.93. The Labute approximate surface area is 71.2 Å². The van der Waals surface area contributed by atoms with Crippen LogP contribution in [-0.4, -0.2) is 11.6 Å². The van der Waals surface area contributed by atoms with Gasteiger partial charge < -0.3 is 4.74 Å². The van der Waals surface area contributed by atoms with Gasteiger partial charge in [0.05, 0.1) is 6.61 Å². The summed E-state index contributed by atoms with van der Waals surface area (Å²) in [6.45, 7) is 4.40. The molecule has 60 valence electrons. The maximum atomic E-state index is 5.79. The van der Waals surface area contributed by atoms with E-state index in [1.54, 1.807) is 6.07 Å². The highest BCUT2D eigenvalue weighted by molar-refractivity contribution is 6.31. The molecule has 0 aliphatic heterocycles. The van der Waals surface area contributed by atoms with E-state index in [4.69, 9.17) is 16.3 Å². The van der Waals surface area contributed by atoms with Crippen LogP contribution in [0.25, 0.3) is 0 Å². The van der Waals surface area contributed by atoms with E-state index in [-0.39, 0.29) is 0 Å². The van der Waals surface area contributed by atoms with Gasteiger partial charge in [0.25, 0.3) is 0 Å². The monoisotopic (exact) mass is 171 g/mol. The van der Waals surface area contributed by atoms with E-state index in [1.807, 2.05) is 19.9 Å². The Hall–Kier alpha value is -0.760. The smallest absolute Gasteiger partial charge is 0.232 e. The highest BCUT2D eigenvalue weighted by atomic mass is 35.5. The predicted molar refractivity (Wildman–Crippen MR) is 45.2 cm³/mol. The number of aryl methyl sites for hydroxylation is 1. The molecule has 1 aromatic heterocycles. The first-order chi connectivity index (χ1) is 5.24. The number of halogens is 1. The van der Waals surface area contributed by atoms with Gasteiger partial charge in [0.15, 0.2) is 0 Å². The zero-order valence-corrected chi connectivity index (χ0v) is 7.35. The Bertz CT molecular complexity index is 250. The zero-order chi connectivity index (χ0) is 8.27. The van der Waals surface area contributed by atoms with Gasteiger partial charge in [-0.15, -0.1) is 0 Å². The molecule has 1 aromatic rings. The van der Waals surface area contributed by atoms with Crippen LogP contribution in [0.5, 0.6) is 5.88 Å². The average molecular weight is 172 g/mol. The molecule has 3 heteroatoms. The summed E-state index contributed by atoms with van der Waals surface area (Å²) >= 11 is 5.79. The summed E-state index contributed by atoms with van der Waals surface area (Å²) in [6.07, 6.45) is 0. The van der Waals surface area contributed by atoms with Crippen molar-refractivity contribution in [1.29, 1.82) is 0 Å². The Morgan fingerprint density at radius 1 is 1.55 bits per heavy atom. The first-order valence-corrected chi connectivity index (χ1v) is 3.87. The first kappa shape index (κ1) is 8.34. The molecule has 11 heavy (non-hydrogen) atoms. The van der Waals surface area contributed by atoms with E-state index < -0.39 is 0 Å². The van der Waals surface area contributed by atoms with E-state index in [1.165, 1.54) is 0 Å². The van der Waals surface area contributed by atoms with E-state index in [0.717, 1.165) is 5.69 Å². The van der Waals surface area contributed by atoms with Crippen LogP contribution in [0.3, 0.4) is 0 Å². The number of nitrogens with zero attached hydrogens (tertiary/aromatic N) is 1. The molecule has 0 amide bonds. The summed E-state index contributed by atoms with van der Waals surface area (Å²) in [7, 11) is 0. The van der Waals surface area contributed by atoms with Crippen LogP contribution in [0.4, 0.5) is 0 Å². The molecule has 0 aliphatic carbocycles. The lowest BCUT2D eigenvalue weighted by molar-refractivity contribution is 0.326.